The minimum Gasteiger partial charge on any atom is -0.478 e. The van der Waals surface area contributed by atoms with E-state index in [4.69, 9.17) is 10.5 Å². The van der Waals surface area contributed by atoms with Crippen molar-refractivity contribution in [3.8, 4) is 5.75 Å². The Balaban J connectivity index is 2.74. The molecule has 1 aromatic carbocycles. The Morgan fingerprint density at radius 3 is 2.59 bits per heavy atom. The van der Waals surface area contributed by atoms with Crippen LogP contribution in [0.2, 0.25) is 0 Å². The summed E-state index contributed by atoms with van der Waals surface area (Å²) in [6.45, 7) is 5.49. The summed E-state index contributed by atoms with van der Waals surface area (Å²) < 4.78 is 6.29. The molecule has 5 heteroatoms. The van der Waals surface area contributed by atoms with Crippen molar-refractivity contribution < 1.29 is 9.53 Å². The second-order valence-electron chi connectivity index (χ2n) is 4.08. The quantitative estimate of drug-likeness (QED) is 0.839. The number of rotatable bonds is 4. The first-order valence-electron chi connectivity index (χ1n) is 5.43. The van der Waals surface area contributed by atoms with E-state index in [-0.39, 0.29) is 11.9 Å². The Hall–Kier alpha value is -1.23. The number of nitrogen functional groups attached to an aromatic ring is 1. The standard InChI is InChI=1S/C12H17BrN2O2/c1-7(2)15-12(16)8(3)17-11-9(13)5-4-6-10(11)14/h4-8H,14H2,1-3H3,(H,15,16). The van der Waals surface area contributed by atoms with Crippen LogP contribution in [0.4, 0.5) is 5.69 Å². The van der Waals surface area contributed by atoms with Crippen LogP contribution in [0.1, 0.15) is 20.8 Å². The molecule has 0 aromatic heterocycles. The lowest BCUT2D eigenvalue weighted by Gasteiger charge is -2.18. The molecule has 4 nitrogen and oxygen atoms in total. The number of nitrogens with one attached hydrogen (secondary N) is 1. The third-order valence-electron chi connectivity index (χ3n) is 2.09. The van der Waals surface area contributed by atoms with E-state index in [0.717, 1.165) is 4.47 Å². The fourth-order valence-corrected chi connectivity index (χ4v) is 1.76. The average molecular weight is 301 g/mol. The van der Waals surface area contributed by atoms with Gasteiger partial charge >= 0.3 is 0 Å². The zero-order valence-corrected chi connectivity index (χ0v) is 11.7. The topological polar surface area (TPSA) is 64.3 Å². The van der Waals surface area contributed by atoms with Gasteiger partial charge in [-0.1, -0.05) is 6.07 Å². The molecule has 1 unspecified atom stereocenters. The number of nitrogens with two attached hydrogens (primary N) is 1. The number of hydrogen-bond acceptors (Lipinski definition) is 3. The Morgan fingerprint density at radius 1 is 1.41 bits per heavy atom. The Morgan fingerprint density at radius 2 is 2.06 bits per heavy atom. The second-order valence-corrected chi connectivity index (χ2v) is 4.94. The number of para-hydroxylation sites is 1. The van der Waals surface area contributed by atoms with E-state index in [9.17, 15) is 4.79 Å². The van der Waals surface area contributed by atoms with Gasteiger partial charge in [-0.25, -0.2) is 0 Å². The van der Waals surface area contributed by atoms with Crippen LogP contribution in [-0.2, 0) is 4.79 Å². The molecule has 0 bridgehead atoms. The highest BCUT2D eigenvalue weighted by molar-refractivity contribution is 9.10. The van der Waals surface area contributed by atoms with E-state index in [1.54, 1.807) is 13.0 Å². The third kappa shape index (κ3) is 3.93. The maximum absolute atomic E-state index is 11.7. The van der Waals surface area contributed by atoms with Gasteiger partial charge in [0.1, 0.15) is 0 Å². The van der Waals surface area contributed by atoms with Crippen LogP contribution in [0.5, 0.6) is 5.75 Å². The number of carbonyl (C=O) groups is 1. The van der Waals surface area contributed by atoms with Crippen LogP contribution in [0.25, 0.3) is 0 Å². The molecular formula is C12H17BrN2O2. The molecule has 0 heterocycles. The smallest absolute Gasteiger partial charge is 0.260 e. The summed E-state index contributed by atoms with van der Waals surface area (Å²) in [5.41, 5.74) is 6.29. The first-order chi connectivity index (χ1) is 7.91. The predicted molar refractivity (Wildman–Crippen MR) is 71.9 cm³/mol. The average Bonchev–Trinajstić information content (AvgIpc) is 2.22. The van der Waals surface area contributed by atoms with Crippen LogP contribution in [-0.4, -0.2) is 18.1 Å². The van der Waals surface area contributed by atoms with Crippen molar-refractivity contribution in [1.29, 1.82) is 0 Å². The monoisotopic (exact) mass is 300 g/mol. The molecule has 0 saturated heterocycles. The van der Waals surface area contributed by atoms with E-state index in [1.807, 2.05) is 26.0 Å². The fourth-order valence-electron chi connectivity index (χ4n) is 1.28. The van der Waals surface area contributed by atoms with Crippen LogP contribution in [0.15, 0.2) is 22.7 Å². The Bertz CT molecular complexity index is 387. The largest absolute Gasteiger partial charge is 0.478 e. The van der Waals surface area contributed by atoms with Gasteiger partial charge in [0, 0.05) is 6.04 Å². The Labute approximate surface area is 110 Å². The van der Waals surface area contributed by atoms with E-state index >= 15 is 0 Å². The molecule has 17 heavy (non-hydrogen) atoms. The molecule has 0 aliphatic rings. The molecule has 3 N–H and O–H groups in total. The third-order valence-corrected chi connectivity index (χ3v) is 2.72. The number of carbonyl (C=O) groups excluding carboxylic acids is 1. The lowest BCUT2D eigenvalue weighted by molar-refractivity contribution is -0.127. The van der Waals surface area contributed by atoms with Crippen LogP contribution < -0.4 is 15.8 Å². The summed E-state index contributed by atoms with van der Waals surface area (Å²) in [5.74, 6) is 0.342. The summed E-state index contributed by atoms with van der Waals surface area (Å²) in [6, 6.07) is 5.45. The summed E-state index contributed by atoms with van der Waals surface area (Å²) in [4.78, 5) is 11.7. The molecular weight excluding hydrogens is 284 g/mol. The van der Waals surface area contributed by atoms with E-state index < -0.39 is 6.10 Å². The van der Waals surface area contributed by atoms with Crippen LogP contribution in [0.3, 0.4) is 0 Å². The predicted octanol–water partition coefficient (Wildman–Crippen LogP) is 2.32. The number of ether oxygens (including phenoxy) is 1. The highest BCUT2D eigenvalue weighted by Gasteiger charge is 2.17. The van der Waals surface area contributed by atoms with Gasteiger partial charge in [0.15, 0.2) is 11.9 Å². The molecule has 1 rings (SSSR count). The first kappa shape index (κ1) is 13.8. The van der Waals surface area contributed by atoms with Crippen LogP contribution in [0, 0.1) is 0 Å². The van der Waals surface area contributed by atoms with Crippen molar-refractivity contribution in [2.24, 2.45) is 0 Å². The van der Waals surface area contributed by atoms with Crippen molar-refractivity contribution in [1.82, 2.24) is 5.32 Å². The molecule has 0 radical (unpaired) electrons. The van der Waals surface area contributed by atoms with E-state index in [0.29, 0.717) is 11.4 Å². The highest BCUT2D eigenvalue weighted by atomic mass is 79.9. The fraction of sp³-hybridized carbons (Fsp3) is 0.417. The van der Waals surface area contributed by atoms with Gasteiger partial charge < -0.3 is 15.8 Å². The van der Waals surface area contributed by atoms with Gasteiger partial charge in [-0.05, 0) is 48.8 Å². The lowest BCUT2D eigenvalue weighted by Crippen LogP contribution is -2.40. The second kappa shape index (κ2) is 5.91. The summed E-state index contributed by atoms with van der Waals surface area (Å²) in [6.07, 6.45) is -0.585. The van der Waals surface area contributed by atoms with Crippen molar-refractivity contribution >= 4 is 27.5 Å². The minimum absolute atomic E-state index is 0.0881. The number of anilines is 1. The maximum Gasteiger partial charge on any atom is 0.260 e. The molecule has 1 atom stereocenters. The Kier molecular flexibility index (Phi) is 4.81. The molecule has 0 saturated carbocycles. The number of amides is 1. The molecule has 1 amide bonds. The number of benzene rings is 1. The van der Waals surface area contributed by atoms with Gasteiger partial charge in [-0.3, -0.25) is 4.79 Å². The maximum atomic E-state index is 11.7. The van der Waals surface area contributed by atoms with Gasteiger partial charge in [-0.2, -0.15) is 0 Å². The minimum atomic E-state index is -0.585. The molecule has 0 fully saturated rings. The zero-order valence-electron chi connectivity index (χ0n) is 10.2. The molecule has 94 valence electrons. The van der Waals surface area contributed by atoms with Gasteiger partial charge in [-0.15, -0.1) is 0 Å². The molecule has 0 aliphatic heterocycles. The van der Waals surface area contributed by atoms with E-state index in [2.05, 4.69) is 21.2 Å². The highest BCUT2D eigenvalue weighted by Crippen LogP contribution is 2.31. The number of halogens is 1. The van der Waals surface area contributed by atoms with Gasteiger partial charge in [0.05, 0.1) is 10.2 Å². The van der Waals surface area contributed by atoms with Crippen LogP contribution >= 0.6 is 15.9 Å². The summed E-state index contributed by atoms with van der Waals surface area (Å²) in [7, 11) is 0. The van der Waals surface area contributed by atoms with Crippen molar-refractivity contribution in [2.45, 2.75) is 32.9 Å². The first-order valence-corrected chi connectivity index (χ1v) is 6.22. The van der Waals surface area contributed by atoms with Crippen molar-refractivity contribution in [2.75, 3.05) is 5.73 Å². The van der Waals surface area contributed by atoms with E-state index in [1.165, 1.54) is 0 Å². The number of hydrogen-bond donors (Lipinski definition) is 2. The SMILES string of the molecule is CC(C)NC(=O)C(C)Oc1c(N)cccc1Br. The van der Waals surface area contributed by atoms with Gasteiger partial charge in [0.2, 0.25) is 0 Å². The van der Waals surface area contributed by atoms with Gasteiger partial charge in [0.25, 0.3) is 5.91 Å². The lowest BCUT2D eigenvalue weighted by atomic mass is 10.3. The normalized spacial score (nSPS) is 12.3. The van der Waals surface area contributed by atoms with Crippen molar-refractivity contribution in [3.63, 3.8) is 0 Å². The molecule has 0 spiro atoms. The summed E-state index contributed by atoms with van der Waals surface area (Å²) in [5, 5.41) is 2.78. The summed E-state index contributed by atoms with van der Waals surface area (Å²) >= 11 is 3.34. The zero-order chi connectivity index (χ0) is 13.0. The molecule has 0 aliphatic carbocycles. The van der Waals surface area contributed by atoms with Crippen molar-refractivity contribution in [3.05, 3.63) is 22.7 Å². The molecule has 1 aromatic rings.